The molecular weight excluding hydrogens is 533 g/mol. The van der Waals surface area contributed by atoms with Crippen LogP contribution in [0.5, 0.6) is 11.5 Å². The van der Waals surface area contributed by atoms with Crippen molar-refractivity contribution < 1.29 is 34.9 Å². The lowest BCUT2D eigenvalue weighted by atomic mass is 10.2. The van der Waals surface area contributed by atoms with Crippen molar-refractivity contribution in [3.63, 3.8) is 0 Å². The van der Waals surface area contributed by atoms with E-state index in [0.29, 0.717) is 17.1 Å². The van der Waals surface area contributed by atoms with E-state index in [2.05, 4.69) is 13.5 Å². The first-order chi connectivity index (χ1) is 16.0. The van der Waals surface area contributed by atoms with Gasteiger partial charge in [0.2, 0.25) is 5.13 Å². The summed E-state index contributed by atoms with van der Waals surface area (Å²) >= 11 is 6.92. The van der Waals surface area contributed by atoms with Gasteiger partial charge < -0.3 is 9.47 Å². The molecule has 10 nitrogen and oxygen atoms in total. The van der Waals surface area contributed by atoms with E-state index in [4.69, 9.17) is 21.1 Å². The van der Waals surface area contributed by atoms with Crippen LogP contribution < -0.4 is 13.8 Å². The van der Waals surface area contributed by atoms with Gasteiger partial charge in [-0.3, -0.25) is 4.18 Å². The molecule has 34 heavy (non-hydrogen) atoms. The third kappa shape index (κ3) is 5.93. The number of hydrogen-bond acceptors (Lipinski definition) is 10. The summed E-state index contributed by atoms with van der Waals surface area (Å²) in [5, 5.41) is -0.208. The minimum absolute atomic E-state index is 0.0159. The number of benzene rings is 2. The van der Waals surface area contributed by atoms with Gasteiger partial charge in [-0.15, -0.1) is 0 Å². The molecule has 0 N–H and O–H groups in total. The summed E-state index contributed by atoms with van der Waals surface area (Å²) in [6, 6.07) is 6.51. The normalized spacial score (nSPS) is 11.9. The number of nitrogens with zero attached hydrogens (tertiary/aromatic N) is 3. The van der Waals surface area contributed by atoms with E-state index in [1.165, 1.54) is 20.5 Å². The van der Waals surface area contributed by atoms with E-state index in [-0.39, 0.29) is 22.3 Å². The van der Waals surface area contributed by atoms with E-state index in [9.17, 15) is 21.2 Å². The molecule has 1 aromatic heterocycles. The molecule has 0 spiro atoms. The fraction of sp³-hybridized carbons (Fsp3) is 0.263. The molecule has 0 fully saturated rings. The Labute approximate surface area is 205 Å². The van der Waals surface area contributed by atoms with E-state index >= 15 is 0 Å². The van der Waals surface area contributed by atoms with Crippen molar-refractivity contribution in [1.82, 2.24) is 9.36 Å². The Kier molecular flexibility index (Phi) is 7.98. The lowest BCUT2D eigenvalue weighted by molar-refractivity contribution is 0.311. The van der Waals surface area contributed by atoms with Gasteiger partial charge in [-0.05, 0) is 24.3 Å². The van der Waals surface area contributed by atoms with Crippen LogP contribution in [0.1, 0.15) is 11.1 Å². The first-order valence-corrected chi connectivity index (χ1v) is 13.7. The Morgan fingerprint density at radius 1 is 1.09 bits per heavy atom. The highest BCUT2D eigenvalue weighted by Gasteiger charge is 2.32. The minimum atomic E-state index is -4.54. The zero-order chi connectivity index (χ0) is 25.1. The molecule has 3 rings (SSSR count). The molecule has 0 aliphatic rings. The van der Waals surface area contributed by atoms with E-state index in [1.807, 2.05) is 0 Å². The van der Waals surface area contributed by atoms with E-state index in [1.54, 1.807) is 18.2 Å². The second-order valence-corrected chi connectivity index (χ2v) is 11.4. The van der Waals surface area contributed by atoms with Gasteiger partial charge in [0, 0.05) is 33.7 Å². The maximum atomic E-state index is 15.0. The van der Waals surface area contributed by atoms with Crippen LogP contribution in [0.3, 0.4) is 0 Å². The van der Waals surface area contributed by atoms with Crippen LogP contribution in [0.2, 0.25) is 5.02 Å². The largest absolute Gasteiger partial charge is 0.497 e. The molecule has 0 radical (unpaired) electrons. The monoisotopic (exact) mass is 551 g/mol. The van der Waals surface area contributed by atoms with Gasteiger partial charge in [0.15, 0.2) is 0 Å². The second-order valence-electron chi connectivity index (χ2n) is 6.75. The zero-order valence-corrected chi connectivity index (χ0v) is 21.3. The van der Waals surface area contributed by atoms with Gasteiger partial charge in [-0.2, -0.15) is 12.8 Å². The fourth-order valence-electron chi connectivity index (χ4n) is 2.84. The average molecular weight is 552 g/mol. The molecule has 3 aromatic rings. The molecule has 0 aliphatic carbocycles. The molecule has 0 aliphatic heterocycles. The number of sulfonamides is 1. The fourth-order valence-corrected chi connectivity index (χ4v) is 5.67. The van der Waals surface area contributed by atoms with Crippen LogP contribution in [0, 0.1) is 5.82 Å². The SMILES string of the molecule is COc1ccc(CN(c2ncns2)S(=O)(=O)c2cc(Cl)c(COS(C)(=O)=O)cc2F)c(OC)c1. The van der Waals surface area contributed by atoms with E-state index < -0.39 is 37.5 Å². The number of methoxy groups -OCH3 is 2. The van der Waals surface area contributed by atoms with Crippen molar-refractivity contribution >= 4 is 48.4 Å². The van der Waals surface area contributed by atoms with Crippen LogP contribution in [0.4, 0.5) is 9.52 Å². The van der Waals surface area contributed by atoms with Crippen molar-refractivity contribution in [3.05, 3.63) is 58.6 Å². The maximum Gasteiger partial charge on any atom is 0.269 e. The van der Waals surface area contributed by atoms with Crippen molar-refractivity contribution in [2.75, 3.05) is 24.8 Å². The highest BCUT2D eigenvalue weighted by molar-refractivity contribution is 7.93. The third-order valence-electron chi connectivity index (χ3n) is 4.47. The molecule has 2 aromatic carbocycles. The van der Waals surface area contributed by atoms with Crippen LogP contribution in [-0.2, 0) is 37.5 Å². The molecule has 1 heterocycles. The summed E-state index contributed by atoms with van der Waals surface area (Å²) in [6.45, 7) is -0.821. The highest BCUT2D eigenvalue weighted by atomic mass is 35.5. The average Bonchev–Trinajstić information content (AvgIpc) is 3.31. The smallest absolute Gasteiger partial charge is 0.269 e. The van der Waals surface area contributed by atoms with Gasteiger partial charge >= 0.3 is 0 Å². The number of ether oxygens (including phenoxy) is 2. The quantitative estimate of drug-likeness (QED) is 0.349. The lowest BCUT2D eigenvalue weighted by Crippen LogP contribution is -2.31. The van der Waals surface area contributed by atoms with Crippen LogP contribution in [0.15, 0.2) is 41.6 Å². The molecule has 0 bridgehead atoms. The van der Waals surface area contributed by atoms with Gasteiger partial charge in [0.1, 0.15) is 28.5 Å². The Bertz CT molecular complexity index is 1380. The summed E-state index contributed by atoms with van der Waals surface area (Å²) in [5.41, 5.74) is 0.412. The molecule has 184 valence electrons. The molecule has 0 amide bonds. The van der Waals surface area contributed by atoms with Crippen LogP contribution in [-0.4, -0.2) is 46.7 Å². The van der Waals surface area contributed by atoms with Crippen molar-refractivity contribution in [1.29, 1.82) is 0 Å². The predicted molar refractivity (Wildman–Crippen MR) is 124 cm³/mol. The molecule has 15 heteroatoms. The number of hydrogen-bond donors (Lipinski definition) is 0. The highest BCUT2D eigenvalue weighted by Crippen LogP contribution is 2.34. The molecule has 0 saturated heterocycles. The van der Waals surface area contributed by atoms with Crippen molar-refractivity contribution in [2.24, 2.45) is 0 Å². The van der Waals surface area contributed by atoms with Gasteiger partial charge in [0.05, 0.1) is 33.6 Å². The predicted octanol–water partition coefficient (Wildman–Crippen LogP) is 3.22. The summed E-state index contributed by atoms with van der Waals surface area (Å²) in [4.78, 5) is 3.23. The standard InChI is InChI=1S/C19H19ClFN3O7S3/c1-29-14-5-4-12(17(7-14)30-2)9-24(19-22-11-23-32-19)34(27,28)18-8-15(20)13(6-16(18)21)10-31-33(3,25)26/h4-8,11H,9-10H2,1-3H3. The number of rotatable bonds is 10. The van der Waals surface area contributed by atoms with Gasteiger partial charge in [-0.25, -0.2) is 22.1 Å². The van der Waals surface area contributed by atoms with Gasteiger partial charge in [-0.1, -0.05) is 11.6 Å². The summed E-state index contributed by atoms with van der Waals surface area (Å²) in [7, 11) is -5.47. The Morgan fingerprint density at radius 2 is 1.82 bits per heavy atom. The topological polar surface area (TPSA) is 125 Å². The second kappa shape index (κ2) is 10.4. The van der Waals surface area contributed by atoms with Crippen LogP contribution in [0.25, 0.3) is 0 Å². The Hall–Kier alpha value is -2.52. The summed E-state index contributed by atoms with van der Waals surface area (Å²) in [5.74, 6) is -0.306. The minimum Gasteiger partial charge on any atom is -0.497 e. The number of anilines is 1. The molecule has 0 saturated carbocycles. The molecule has 0 atom stereocenters. The van der Waals surface area contributed by atoms with Crippen molar-refractivity contribution in [2.45, 2.75) is 18.0 Å². The Balaban J connectivity index is 2.05. The van der Waals surface area contributed by atoms with Crippen molar-refractivity contribution in [3.8, 4) is 11.5 Å². The molecule has 0 unspecified atom stereocenters. The van der Waals surface area contributed by atoms with E-state index in [0.717, 1.165) is 34.2 Å². The zero-order valence-electron chi connectivity index (χ0n) is 18.1. The first-order valence-electron chi connectivity index (χ1n) is 9.29. The summed E-state index contributed by atoms with van der Waals surface area (Å²) in [6.07, 6.45) is 1.99. The number of aromatic nitrogens is 2. The molecular formula is C19H19ClFN3O7S3. The lowest BCUT2D eigenvalue weighted by Gasteiger charge is -2.23. The van der Waals surface area contributed by atoms with Gasteiger partial charge in [0.25, 0.3) is 20.1 Å². The maximum absolute atomic E-state index is 15.0. The third-order valence-corrected chi connectivity index (χ3v) is 7.92. The first kappa shape index (κ1) is 26.1. The summed E-state index contributed by atoms with van der Waals surface area (Å²) < 4.78 is 84.3. The van der Waals surface area contributed by atoms with Crippen LogP contribution >= 0.6 is 23.1 Å². The number of halogens is 2. The Morgan fingerprint density at radius 3 is 2.41 bits per heavy atom.